The number of hydrogen-bond donors (Lipinski definition) is 0. The Kier molecular flexibility index (Phi) is 4.30. The number of hydrogen-bond acceptors (Lipinski definition) is 2. The fourth-order valence-corrected chi connectivity index (χ4v) is 3.72. The van der Waals surface area contributed by atoms with Crippen LogP contribution in [0, 0.1) is 0 Å². The Labute approximate surface area is 120 Å². The van der Waals surface area contributed by atoms with Crippen molar-refractivity contribution in [3.63, 3.8) is 0 Å². The van der Waals surface area contributed by atoms with Crippen molar-refractivity contribution in [1.82, 2.24) is 8.87 Å². The van der Waals surface area contributed by atoms with Gasteiger partial charge in [0.2, 0.25) is 10.0 Å². The molecule has 108 valence electrons. The number of rotatable bonds is 5. The molecule has 0 fully saturated rings. The van der Waals surface area contributed by atoms with E-state index in [2.05, 4.69) is 0 Å². The minimum atomic E-state index is -3.47. The molecule has 0 N–H and O–H groups in total. The van der Waals surface area contributed by atoms with Crippen molar-refractivity contribution in [3.8, 4) is 0 Å². The predicted molar refractivity (Wildman–Crippen MR) is 79.7 cm³/mol. The molecule has 4 nitrogen and oxygen atoms in total. The zero-order chi connectivity index (χ0) is 14.8. The van der Waals surface area contributed by atoms with Crippen LogP contribution >= 0.6 is 0 Å². The van der Waals surface area contributed by atoms with E-state index < -0.39 is 10.0 Å². The molecule has 2 aromatic rings. The topological polar surface area (TPSA) is 42.3 Å². The third-order valence-corrected chi connectivity index (χ3v) is 5.33. The summed E-state index contributed by atoms with van der Waals surface area (Å²) in [6.45, 7) is 4.16. The van der Waals surface area contributed by atoms with Crippen molar-refractivity contribution in [2.45, 2.75) is 31.3 Å². The van der Waals surface area contributed by atoms with E-state index in [1.807, 2.05) is 49.9 Å². The van der Waals surface area contributed by atoms with Gasteiger partial charge in [0.25, 0.3) is 0 Å². The molecule has 0 aliphatic rings. The van der Waals surface area contributed by atoms with Crippen LogP contribution in [0.5, 0.6) is 0 Å². The Hall–Kier alpha value is -1.59. The third-order valence-electron chi connectivity index (χ3n) is 3.29. The minimum absolute atomic E-state index is 0.102. The van der Waals surface area contributed by atoms with Crippen LogP contribution in [-0.4, -0.2) is 23.3 Å². The van der Waals surface area contributed by atoms with Crippen LogP contribution in [0.4, 0.5) is 0 Å². The van der Waals surface area contributed by atoms with Crippen molar-refractivity contribution in [2.75, 3.05) is 0 Å². The second-order valence-corrected chi connectivity index (χ2v) is 6.96. The van der Waals surface area contributed by atoms with Gasteiger partial charge in [-0.25, -0.2) is 8.42 Å². The molecule has 1 aromatic heterocycles. The van der Waals surface area contributed by atoms with Gasteiger partial charge in [-0.15, -0.1) is 0 Å². The monoisotopic (exact) mass is 292 g/mol. The fraction of sp³-hybridized carbons (Fsp3) is 0.333. The first-order valence-corrected chi connectivity index (χ1v) is 8.04. The van der Waals surface area contributed by atoms with Crippen molar-refractivity contribution in [2.24, 2.45) is 7.05 Å². The molecule has 2 rings (SSSR count). The Morgan fingerprint density at radius 3 is 2.25 bits per heavy atom. The van der Waals surface area contributed by atoms with E-state index in [9.17, 15) is 8.42 Å². The highest BCUT2D eigenvalue weighted by molar-refractivity contribution is 7.89. The molecule has 0 aliphatic heterocycles. The SMILES string of the molecule is CC(C)N(Cc1cccn1C)S(=O)(=O)c1ccccc1. The Morgan fingerprint density at radius 2 is 1.75 bits per heavy atom. The smallest absolute Gasteiger partial charge is 0.243 e. The highest BCUT2D eigenvalue weighted by atomic mass is 32.2. The molecule has 0 bridgehead atoms. The van der Waals surface area contributed by atoms with Crippen LogP contribution in [-0.2, 0) is 23.6 Å². The highest BCUT2D eigenvalue weighted by Crippen LogP contribution is 2.20. The van der Waals surface area contributed by atoms with E-state index in [0.29, 0.717) is 11.4 Å². The van der Waals surface area contributed by atoms with E-state index in [0.717, 1.165) is 5.69 Å². The first-order chi connectivity index (χ1) is 9.43. The quantitative estimate of drug-likeness (QED) is 0.850. The average molecular weight is 292 g/mol. The van der Waals surface area contributed by atoms with E-state index in [1.165, 1.54) is 4.31 Å². The second-order valence-electron chi connectivity index (χ2n) is 5.07. The molecule has 0 aliphatic carbocycles. The minimum Gasteiger partial charge on any atom is -0.353 e. The molecule has 0 radical (unpaired) electrons. The van der Waals surface area contributed by atoms with Crippen LogP contribution in [0.15, 0.2) is 53.6 Å². The summed E-state index contributed by atoms with van der Waals surface area (Å²) in [5.74, 6) is 0. The summed E-state index contributed by atoms with van der Waals surface area (Å²) in [6, 6.07) is 12.3. The standard InChI is InChI=1S/C15H20N2O2S/c1-13(2)17(12-14-8-7-11-16(14)3)20(18,19)15-9-5-4-6-10-15/h4-11,13H,12H2,1-3H3. The summed E-state index contributed by atoms with van der Waals surface area (Å²) in [4.78, 5) is 0.336. The zero-order valence-corrected chi connectivity index (χ0v) is 12.8. The number of nitrogens with zero attached hydrogens (tertiary/aromatic N) is 2. The van der Waals surface area contributed by atoms with Gasteiger partial charge in [0.05, 0.1) is 11.4 Å². The Morgan fingerprint density at radius 1 is 1.10 bits per heavy atom. The van der Waals surface area contributed by atoms with E-state index in [1.54, 1.807) is 24.3 Å². The number of aryl methyl sites for hydroxylation is 1. The molecule has 5 heteroatoms. The summed E-state index contributed by atoms with van der Waals surface area (Å²) in [5, 5.41) is 0. The molecule has 0 saturated heterocycles. The summed E-state index contributed by atoms with van der Waals surface area (Å²) < 4.78 is 28.9. The molecule has 0 saturated carbocycles. The normalized spacial score (nSPS) is 12.2. The second kappa shape index (κ2) is 5.81. The highest BCUT2D eigenvalue weighted by Gasteiger charge is 2.27. The number of sulfonamides is 1. The zero-order valence-electron chi connectivity index (χ0n) is 12.0. The molecule has 20 heavy (non-hydrogen) atoms. The summed E-state index contributed by atoms with van der Waals surface area (Å²) in [6.07, 6.45) is 1.92. The summed E-state index contributed by atoms with van der Waals surface area (Å²) in [5.41, 5.74) is 0.971. The Balaban J connectivity index is 2.37. The van der Waals surface area contributed by atoms with Gasteiger partial charge in [0.15, 0.2) is 0 Å². The van der Waals surface area contributed by atoms with Gasteiger partial charge >= 0.3 is 0 Å². The maximum Gasteiger partial charge on any atom is 0.243 e. The van der Waals surface area contributed by atoms with Crippen LogP contribution < -0.4 is 0 Å². The molecule has 0 amide bonds. The third kappa shape index (κ3) is 2.94. The van der Waals surface area contributed by atoms with Crippen molar-refractivity contribution in [3.05, 3.63) is 54.4 Å². The molecule has 0 spiro atoms. The van der Waals surface area contributed by atoms with Crippen LogP contribution in [0.3, 0.4) is 0 Å². The van der Waals surface area contributed by atoms with E-state index in [4.69, 9.17) is 0 Å². The largest absolute Gasteiger partial charge is 0.353 e. The van der Waals surface area contributed by atoms with E-state index >= 15 is 0 Å². The molecular formula is C15H20N2O2S. The Bertz CT molecular complexity index is 660. The van der Waals surface area contributed by atoms with Gasteiger partial charge in [-0.05, 0) is 38.1 Å². The van der Waals surface area contributed by atoms with Gasteiger partial charge in [0, 0.05) is 25.0 Å². The van der Waals surface area contributed by atoms with Crippen molar-refractivity contribution < 1.29 is 8.42 Å². The fourth-order valence-electron chi connectivity index (χ4n) is 2.09. The average Bonchev–Trinajstić information content (AvgIpc) is 2.82. The molecular weight excluding hydrogens is 272 g/mol. The van der Waals surface area contributed by atoms with Gasteiger partial charge in [-0.1, -0.05) is 18.2 Å². The lowest BCUT2D eigenvalue weighted by molar-refractivity contribution is 0.341. The maximum atomic E-state index is 12.7. The predicted octanol–water partition coefficient (Wildman–Crippen LogP) is 2.62. The molecule has 1 heterocycles. The first kappa shape index (κ1) is 14.8. The lowest BCUT2D eigenvalue weighted by Gasteiger charge is -2.26. The maximum absolute atomic E-state index is 12.7. The first-order valence-electron chi connectivity index (χ1n) is 6.60. The molecule has 1 aromatic carbocycles. The van der Waals surface area contributed by atoms with Gasteiger partial charge in [0.1, 0.15) is 0 Å². The molecule has 0 unspecified atom stereocenters. The number of benzene rings is 1. The van der Waals surface area contributed by atoms with Crippen molar-refractivity contribution in [1.29, 1.82) is 0 Å². The lowest BCUT2D eigenvalue weighted by Crippen LogP contribution is -2.36. The van der Waals surface area contributed by atoms with Crippen LogP contribution in [0.1, 0.15) is 19.5 Å². The van der Waals surface area contributed by atoms with Gasteiger partial charge in [-0.3, -0.25) is 0 Å². The molecule has 0 atom stereocenters. The number of aromatic nitrogens is 1. The summed E-state index contributed by atoms with van der Waals surface area (Å²) >= 11 is 0. The van der Waals surface area contributed by atoms with Gasteiger partial charge in [-0.2, -0.15) is 4.31 Å². The summed E-state index contributed by atoms with van der Waals surface area (Å²) in [7, 11) is -1.55. The van der Waals surface area contributed by atoms with Crippen LogP contribution in [0.2, 0.25) is 0 Å². The van der Waals surface area contributed by atoms with E-state index in [-0.39, 0.29) is 6.04 Å². The van der Waals surface area contributed by atoms with Gasteiger partial charge < -0.3 is 4.57 Å². The van der Waals surface area contributed by atoms with Crippen molar-refractivity contribution >= 4 is 10.0 Å². The lowest BCUT2D eigenvalue weighted by atomic mass is 10.3. The van der Waals surface area contributed by atoms with Crippen LogP contribution in [0.25, 0.3) is 0 Å².